The molecule has 19 heavy (non-hydrogen) atoms. The van der Waals surface area contributed by atoms with Crippen molar-refractivity contribution < 1.29 is 8.78 Å². The maximum absolute atomic E-state index is 13.4. The van der Waals surface area contributed by atoms with Gasteiger partial charge in [0.1, 0.15) is 11.6 Å². The summed E-state index contributed by atoms with van der Waals surface area (Å²) in [7, 11) is 0. The molecule has 0 amide bonds. The van der Waals surface area contributed by atoms with E-state index in [1.807, 2.05) is 0 Å². The van der Waals surface area contributed by atoms with Gasteiger partial charge in [0.2, 0.25) is 0 Å². The minimum absolute atomic E-state index is 0.232. The Labute approximate surface area is 123 Å². The number of rotatable bonds is 2. The zero-order valence-corrected chi connectivity index (χ0v) is 12.4. The van der Waals surface area contributed by atoms with Crippen LogP contribution in [0.4, 0.5) is 8.78 Å². The van der Waals surface area contributed by atoms with E-state index in [2.05, 4.69) is 15.9 Å². The number of hydrogen-bond acceptors (Lipinski definition) is 1. The summed E-state index contributed by atoms with van der Waals surface area (Å²) in [6.07, 6.45) is 0. The van der Waals surface area contributed by atoms with Gasteiger partial charge in [-0.25, -0.2) is 8.78 Å². The number of aryl methyl sites for hydroxylation is 1. The Morgan fingerprint density at radius 3 is 2.47 bits per heavy atom. The summed E-state index contributed by atoms with van der Waals surface area (Å²) in [4.78, 5) is 0. The summed E-state index contributed by atoms with van der Waals surface area (Å²) in [5.41, 5.74) is 7.67. The van der Waals surface area contributed by atoms with E-state index in [4.69, 9.17) is 17.3 Å². The molecule has 0 aliphatic rings. The van der Waals surface area contributed by atoms with Crippen molar-refractivity contribution in [3.63, 3.8) is 0 Å². The molecule has 0 aromatic heterocycles. The van der Waals surface area contributed by atoms with Crippen LogP contribution in [0.2, 0.25) is 5.02 Å². The fourth-order valence-corrected chi connectivity index (χ4v) is 2.60. The molecule has 0 fully saturated rings. The number of nitrogens with two attached hydrogens (primary N) is 1. The Kier molecular flexibility index (Phi) is 4.23. The molecule has 2 N–H and O–H groups in total. The maximum atomic E-state index is 13.4. The highest BCUT2D eigenvalue weighted by Gasteiger charge is 2.16. The molecule has 0 heterocycles. The zero-order valence-electron chi connectivity index (χ0n) is 10.1. The van der Waals surface area contributed by atoms with E-state index in [0.29, 0.717) is 21.2 Å². The minimum Gasteiger partial charge on any atom is -0.320 e. The second-order valence-electron chi connectivity index (χ2n) is 4.30. The van der Waals surface area contributed by atoms with Gasteiger partial charge in [0.25, 0.3) is 0 Å². The van der Waals surface area contributed by atoms with Crippen molar-refractivity contribution in [3.8, 4) is 0 Å². The third-order valence-electron chi connectivity index (χ3n) is 2.86. The van der Waals surface area contributed by atoms with Crippen LogP contribution in [0.3, 0.4) is 0 Å². The fourth-order valence-electron chi connectivity index (χ4n) is 1.85. The average Bonchev–Trinajstić information content (AvgIpc) is 2.31. The van der Waals surface area contributed by atoms with E-state index in [1.165, 1.54) is 18.2 Å². The van der Waals surface area contributed by atoms with Crippen molar-refractivity contribution in [3.05, 3.63) is 68.2 Å². The smallest absolute Gasteiger partial charge is 0.127 e. The highest BCUT2D eigenvalue weighted by atomic mass is 79.9. The molecule has 5 heteroatoms. The highest BCUT2D eigenvalue weighted by molar-refractivity contribution is 9.10. The lowest BCUT2D eigenvalue weighted by molar-refractivity contribution is 0.615. The summed E-state index contributed by atoms with van der Waals surface area (Å²) in [6, 6.07) is 6.58. The van der Waals surface area contributed by atoms with Crippen molar-refractivity contribution in [2.24, 2.45) is 5.73 Å². The Bertz CT molecular complexity index is 611. The third kappa shape index (κ3) is 3.14. The molecule has 0 aliphatic carbocycles. The molecule has 100 valence electrons. The quantitative estimate of drug-likeness (QED) is 0.835. The lowest BCUT2D eigenvalue weighted by Crippen LogP contribution is -2.13. The first-order valence-electron chi connectivity index (χ1n) is 5.55. The van der Waals surface area contributed by atoms with Gasteiger partial charge in [-0.05, 0) is 53.9 Å². The molecule has 1 atom stereocenters. The first kappa shape index (κ1) is 14.4. The van der Waals surface area contributed by atoms with Crippen molar-refractivity contribution >= 4 is 27.5 Å². The van der Waals surface area contributed by atoms with Crippen LogP contribution in [-0.4, -0.2) is 0 Å². The Morgan fingerprint density at radius 2 is 1.84 bits per heavy atom. The SMILES string of the molecule is Cc1cc(C(N)c2cc(F)cc(Br)c2)c(Cl)cc1F. The van der Waals surface area contributed by atoms with E-state index in [0.717, 1.165) is 0 Å². The van der Waals surface area contributed by atoms with Gasteiger partial charge in [0.05, 0.1) is 6.04 Å². The Morgan fingerprint density at radius 1 is 1.16 bits per heavy atom. The number of hydrogen-bond donors (Lipinski definition) is 1. The lowest BCUT2D eigenvalue weighted by Gasteiger charge is -2.16. The molecule has 2 aromatic rings. The van der Waals surface area contributed by atoms with Gasteiger partial charge in [-0.2, -0.15) is 0 Å². The van der Waals surface area contributed by atoms with Gasteiger partial charge >= 0.3 is 0 Å². The van der Waals surface area contributed by atoms with E-state index in [-0.39, 0.29) is 10.8 Å². The normalized spacial score (nSPS) is 12.5. The van der Waals surface area contributed by atoms with Crippen molar-refractivity contribution in [1.29, 1.82) is 0 Å². The van der Waals surface area contributed by atoms with Crippen LogP contribution in [0.5, 0.6) is 0 Å². The predicted molar refractivity (Wildman–Crippen MR) is 76.3 cm³/mol. The lowest BCUT2D eigenvalue weighted by atomic mass is 9.98. The van der Waals surface area contributed by atoms with Crippen LogP contribution in [-0.2, 0) is 0 Å². The van der Waals surface area contributed by atoms with Gasteiger partial charge in [-0.15, -0.1) is 0 Å². The molecule has 0 spiro atoms. The monoisotopic (exact) mass is 345 g/mol. The van der Waals surface area contributed by atoms with Gasteiger partial charge in [0.15, 0.2) is 0 Å². The summed E-state index contributed by atoms with van der Waals surface area (Å²) >= 11 is 9.21. The molecule has 0 aliphatic heterocycles. The van der Waals surface area contributed by atoms with Crippen molar-refractivity contribution in [2.75, 3.05) is 0 Å². The summed E-state index contributed by atoms with van der Waals surface area (Å²) in [5.74, 6) is -0.781. The fraction of sp³-hybridized carbons (Fsp3) is 0.143. The molecule has 2 rings (SSSR count). The first-order valence-corrected chi connectivity index (χ1v) is 6.72. The highest BCUT2D eigenvalue weighted by Crippen LogP contribution is 2.30. The average molecular weight is 347 g/mol. The van der Waals surface area contributed by atoms with E-state index >= 15 is 0 Å². The molecular formula is C14H11BrClF2N. The van der Waals surface area contributed by atoms with E-state index in [1.54, 1.807) is 19.1 Å². The summed E-state index contributed by atoms with van der Waals surface area (Å²) < 4.78 is 27.3. The molecule has 1 unspecified atom stereocenters. The van der Waals surface area contributed by atoms with Gasteiger partial charge in [0, 0.05) is 9.50 Å². The number of halogens is 4. The topological polar surface area (TPSA) is 26.0 Å². The van der Waals surface area contributed by atoms with Crippen LogP contribution in [0.25, 0.3) is 0 Å². The standard InChI is InChI=1S/C14H11BrClF2N/c1-7-2-11(12(16)6-13(7)18)14(19)8-3-9(15)5-10(17)4-8/h2-6,14H,19H2,1H3. The largest absolute Gasteiger partial charge is 0.320 e. The second-order valence-corrected chi connectivity index (χ2v) is 5.63. The van der Waals surface area contributed by atoms with Gasteiger partial charge in [-0.3, -0.25) is 0 Å². The predicted octanol–water partition coefficient (Wildman–Crippen LogP) is 4.74. The van der Waals surface area contributed by atoms with Crippen LogP contribution in [0, 0.1) is 18.6 Å². The van der Waals surface area contributed by atoms with Gasteiger partial charge in [-0.1, -0.05) is 27.5 Å². The molecule has 1 nitrogen and oxygen atoms in total. The molecular weight excluding hydrogens is 336 g/mol. The summed E-state index contributed by atoms with van der Waals surface area (Å²) in [6.45, 7) is 1.63. The van der Waals surface area contributed by atoms with E-state index < -0.39 is 11.9 Å². The second kappa shape index (κ2) is 5.57. The minimum atomic E-state index is -0.612. The Balaban J connectivity index is 2.49. The van der Waals surface area contributed by atoms with Crippen molar-refractivity contribution in [1.82, 2.24) is 0 Å². The maximum Gasteiger partial charge on any atom is 0.127 e. The van der Waals surface area contributed by atoms with Crippen molar-refractivity contribution in [2.45, 2.75) is 13.0 Å². The number of benzene rings is 2. The molecule has 0 saturated carbocycles. The van der Waals surface area contributed by atoms with Crippen LogP contribution < -0.4 is 5.73 Å². The third-order valence-corrected chi connectivity index (χ3v) is 3.64. The summed E-state index contributed by atoms with van der Waals surface area (Å²) in [5, 5.41) is 0.232. The van der Waals surface area contributed by atoms with Gasteiger partial charge < -0.3 is 5.73 Å². The van der Waals surface area contributed by atoms with Crippen LogP contribution in [0.1, 0.15) is 22.7 Å². The van der Waals surface area contributed by atoms with Crippen LogP contribution in [0.15, 0.2) is 34.8 Å². The first-order chi connectivity index (χ1) is 8.88. The molecule has 0 bridgehead atoms. The molecule has 2 aromatic carbocycles. The van der Waals surface area contributed by atoms with Crippen LogP contribution >= 0.6 is 27.5 Å². The zero-order chi connectivity index (χ0) is 14.2. The Hall–Kier alpha value is -0.970. The molecule has 0 radical (unpaired) electrons. The molecule has 0 saturated heterocycles. The van der Waals surface area contributed by atoms with E-state index in [9.17, 15) is 8.78 Å².